The van der Waals surface area contributed by atoms with Gasteiger partial charge in [-0.1, -0.05) is 0 Å². The van der Waals surface area contributed by atoms with Crippen LogP contribution in [0.3, 0.4) is 0 Å². The van der Waals surface area contributed by atoms with Gasteiger partial charge in [0.15, 0.2) is 0 Å². The van der Waals surface area contributed by atoms with E-state index in [1.807, 2.05) is 11.2 Å². The van der Waals surface area contributed by atoms with Crippen molar-refractivity contribution in [2.45, 2.75) is 36.9 Å². The third-order valence-corrected chi connectivity index (χ3v) is 6.92. The molecular weight excluding hydrogens is 288 g/mol. The van der Waals surface area contributed by atoms with Gasteiger partial charge in [-0.25, -0.2) is 0 Å². The topological polar surface area (TPSA) is 44.1 Å². The fraction of sp³-hybridized carbons (Fsp3) is 0.600. The van der Waals surface area contributed by atoms with Crippen LogP contribution in [-0.4, -0.2) is 34.9 Å². The van der Waals surface area contributed by atoms with Gasteiger partial charge >= 0.3 is 0 Å². The molecule has 0 radical (unpaired) electrons. The Morgan fingerprint density at radius 3 is 2.80 bits per heavy atom. The highest BCUT2D eigenvalue weighted by atomic mass is 32.2. The van der Waals surface area contributed by atoms with Crippen molar-refractivity contribution in [2.75, 3.05) is 19.3 Å². The summed E-state index contributed by atoms with van der Waals surface area (Å²) in [6.07, 6.45) is 7.05. The Balaban J connectivity index is 1.69. The lowest BCUT2D eigenvalue weighted by molar-refractivity contribution is 0.0721. The van der Waals surface area contributed by atoms with Crippen molar-refractivity contribution < 1.29 is 4.79 Å². The molecule has 1 saturated heterocycles. The molecule has 1 aliphatic heterocycles. The highest BCUT2D eigenvalue weighted by Gasteiger charge is 2.36. The van der Waals surface area contributed by atoms with Gasteiger partial charge in [0.2, 0.25) is 0 Å². The molecular formula is C15H18N2OS2. The van der Waals surface area contributed by atoms with Gasteiger partial charge in [-0.3, -0.25) is 4.79 Å². The Labute approximate surface area is 128 Å². The highest BCUT2D eigenvalue weighted by molar-refractivity contribution is 8.00. The molecule has 0 N–H and O–H groups in total. The van der Waals surface area contributed by atoms with Crippen molar-refractivity contribution in [3.8, 4) is 6.07 Å². The first-order chi connectivity index (χ1) is 9.67. The van der Waals surface area contributed by atoms with E-state index in [0.717, 1.165) is 30.6 Å². The monoisotopic (exact) mass is 306 g/mol. The fourth-order valence-corrected chi connectivity index (χ4v) is 4.93. The number of hydrogen-bond donors (Lipinski definition) is 0. The summed E-state index contributed by atoms with van der Waals surface area (Å²) in [4.78, 5) is 16.8. The number of hydrogen-bond acceptors (Lipinski definition) is 4. The van der Waals surface area contributed by atoms with E-state index in [1.54, 1.807) is 23.1 Å². The number of amides is 1. The van der Waals surface area contributed by atoms with E-state index in [2.05, 4.69) is 12.1 Å². The summed E-state index contributed by atoms with van der Waals surface area (Å²) in [5.41, 5.74) is 1.38. The van der Waals surface area contributed by atoms with Gasteiger partial charge in [0.1, 0.15) is 4.75 Å². The number of nitrogens with zero attached hydrogens (tertiary/aromatic N) is 2. The molecule has 1 amide bonds. The van der Waals surface area contributed by atoms with Crippen LogP contribution < -0.4 is 0 Å². The second kappa shape index (κ2) is 5.42. The molecule has 20 heavy (non-hydrogen) atoms. The van der Waals surface area contributed by atoms with Crippen molar-refractivity contribution in [1.82, 2.24) is 4.90 Å². The summed E-state index contributed by atoms with van der Waals surface area (Å²) < 4.78 is -0.284. The van der Waals surface area contributed by atoms with Crippen LogP contribution in [0, 0.1) is 11.3 Å². The molecule has 0 atom stereocenters. The predicted octanol–water partition coefficient (Wildman–Crippen LogP) is 3.10. The molecule has 106 valence electrons. The summed E-state index contributed by atoms with van der Waals surface area (Å²) in [7, 11) is 0. The third-order valence-electron chi connectivity index (χ3n) is 4.41. The Kier molecular flexibility index (Phi) is 3.78. The van der Waals surface area contributed by atoms with Gasteiger partial charge in [-0.2, -0.15) is 5.26 Å². The Hall–Kier alpha value is -0.990. The van der Waals surface area contributed by atoms with Gasteiger partial charge in [-0.05, 0) is 50.0 Å². The number of thioether (sulfide) groups is 1. The van der Waals surface area contributed by atoms with Crippen molar-refractivity contribution in [2.24, 2.45) is 0 Å². The maximum Gasteiger partial charge on any atom is 0.263 e. The number of likely N-dealkylation sites (tertiary alicyclic amines) is 1. The molecule has 3 rings (SSSR count). The van der Waals surface area contributed by atoms with Crippen LogP contribution in [-0.2, 0) is 12.8 Å². The number of nitriles is 1. The van der Waals surface area contributed by atoms with Gasteiger partial charge < -0.3 is 4.90 Å². The number of fused-ring (bicyclic) bond motifs is 1. The van der Waals surface area contributed by atoms with Crippen LogP contribution in [0.1, 0.15) is 39.4 Å². The maximum absolute atomic E-state index is 12.5. The predicted molar refractivity (Wildman–Crippen MR) is 83.3 cm³/mol. The first-order valence-corrected chi connectivity index (χ1v) is 9.09. The molecule has 1 aromatic rings. The first kappa shape index (κ1) is 14.0. The fourth-order valence-electron chi connectivity index (χ4n) is 3.02. The van der Waals surface area contributed by atoms with Crippen LogP contribution in [0.25, 0.3) is 0 Å². The molecule has 0 spiro atoms. The summed E-state index contributed by atoms with van der Waals surface area (Å²) >= 11 is 3.30. The normalized spacial score (nSPS) is 20.5. The largest absolute Gasteiger partial charge is 0.338 e. The van der Waals surface area contributed by atoms with Crippen LogP contribution >= 0.6 is 23.1 Å². The lowest BCUT2D eigenvalue weighted by Crippen LogP contribution is -2.44. The lowest BCUT2D eigenvalue weighted by Gasteiger charge is -2.35. The Morgan fingerprint density at radius 2 is 2.20 bits per heavy atom. The van der Waals surface area contributed by atoms with E-state index in [9.17, 15) is 10.1 Å². The number of thiophene rings is 1. The van der Waals surface area contributed by atoms with Crippen molar-refractivity contribution in [3.63, 3.8) is 0 Å². The van der Waals surface area contributed by atoms with Gasteiger partial charge in [-0.15, -0.1) is 23.1 Å². The molecule has 2 heterocycles. The molecule has 0 unspecified atom stereocenters. The van der Waals surface area contributed by atoms with E-state index in [-0.39, 0.29) is 10.7 Å². The highest BCUT2D eigenvalue weighted by Crippen LogP contribution is 2.35. The van der Waals surface area contributed by atoms with Gasteiger partial charge in [0, 0.05) is 18.0 Å². The SMILES string of the molecule is CSC1(C#N)CCN(C(=O)c2cc3c(s2)CCC3)CC1. The molecule has 1 fully saturated rings. The Bertz CT molecular complexity index is 543. The second-order valence-corrected chi connectivity index (χ2v) is 7.84. The summed E-state index contributed by atoms with van der Waals surface area (Å²) in [6, 6.07) is 4.52. The quantitative estimate of drug-likeness (QED) is 0.843. The maximum atomic E-state index is 12.5. The zero-order valence-corrected chi connectivity index (χ0v) is 13.3. The van der Waals surface area contributed by atoms with Gasteiger partial charge in [0.25, 0.3) is 5.91 Å². The lowest BCUT2D eigenvalue weighted by atomic mass is 9.97. The van der Waals surface area contributed by atoms with E-state index in [0.29, 0.717) is 13.1 Å². The van der Waals surface area contributed by atoms with E-state index < -0.39 is 0 Å². The van der Waals surface area contributed by atoms with E-state index in [1.165, 1.54) is 16.9 Å². The minimum absolute atomic E-state index is 0.164. The number of rotatable bonds is 2. The summed E-state index contributed by atoms with van der Waals surface area (Å²) in [5, 5.41) is 9.29. The van der Waals surface area contributed by atoms with Crippen molar-refractivity contribution >= 4 is 29.0 Å². The first-order valence-electron chi connectivity index (χ1n) is 7.05. The minimum atomic E-state index is -0.284. The van der Waals surface area contributed by atoms with Crippen LogP contribution in [0.4, 0.5) is 0 Å². The van der Waals surface area contributed by atoms with E-state index in [4.69, 9.17) is 0 Å². The van der Waals surface area contributed by atoms with Crippen LogP contribution in [0.2, 0.25) is 0 Å². The molecule has 2 aliphatic rings. The standard InChI is InChI=1S/C15H18N2OS2/c1-19-15(10-16)5-7-17(8-6-15)14(18)13-9-11-3-2-4-12(11)20-13/h9H,2-8H2,1H3. The molecule has 0 bridgehead atoms. The molecule has 3 nitrogen and oxygen atoms in total. The van der Waals surface area contributed by atoms with Crippen LogP contribution in [0.15, 0.2) is 6.07 Å². The number of carbonyl (C=O) groups is 1. The second-order valence-electron chi connectivity index (χ2n) is 5.52. The zero-order chi connectivity index (χ0) is 14.2. The smallest absolute Gasteiger partial charge is 0.263 e. The summed E-state index contributed by atoms with van der Waals surface area (Å²) in [6.45, 7) is 1.41. The van der Waals surface area contributed by atoms with Crippen molar-refractivity contribution in [1.29, 1.82) is 5.26 Å². The number of aryl methyl sites for hydroxylation is 2. The molecule has 0 aromatic carbocycles. The molecule has 1 aromatic heterocycles. The number of carbonyl (C=O) groups excluding carboxylic acids is 1. The van der Waals surface area contributed by atoms with Crippen LogP contribution in [0.5, 0.6) is 0 Å². The van der Waals surface area contributed by atoms with Gasteiger partial charge in [0.05, 0.1) is 10.9 Å². The average molecular weight is 306 g/mol. The third kappa shape index (κ3) is 2.36. The average Bonchev–Trinajstić information content (AvgIpc) is 3.08. The number of piperidine rings is 1. The van der Waals surface area contributed by atoms with E-state index >= 15 is 0 Å². The van der Waals surface area contributed by atoms with Crippen molar-refractivity contribution in [3.05, 3.63) is 21.4 Å². The minimum Gasteiger partial charge on any atom is -0.338 e. The molecule has 5 heteroatoms. The Morgan fingerprint density at radius 1 is 1.45 bits per heavy atom. The zero-order valence-electron chi connectivity index (χ0n) is 11.6. The molecule has 1 aliphatic carbocycles. The summed E-state index contributed by atoms with van der Waals surface area (Å²) in [5.74, 6) is 0.164. The molecule has 0 saturated carbocycles.